The molecular formula is C26H23NNa2O6. The smallest absolute Gasteiger partial charge is 0.549 e. The molecule has 9 heteroatoms. The van der Waals surface area contributed by atoms with E-state index in [2.05, 4.69) is 4.98 Å². The Bertz CT molecular complexity index is 1310. The van der Waals surface area contributed by atoms with Crippen LogP contribution in [0, 0.1) is 12.8 Å². The molecular weight excluding hydrogens is 468 g/mol. The van der Waals surface area contributed by atoms with Crippen LogP contribution in [0.25, 0.3) is 33.3 Å². The summed E-state index contributed by atoms with van der Waals surface area (Å²) in [7, 11) is 0. The summed E-state index contributed by atoms with van der Waals surface area (Å²) in [6, 6.07) is 17.7. The number of aliphatic carboxylic acids is 2. The molecule has 1 aromatic heterocycles. The van der Waals surface area contributed by atoms with Crippen LogP contribution in [0.3, 0.4) is 0 Å². The fourth-order valence-corrected chi connectivity index (χ4v) is 3.79. The number of hydrogen-bond acceptors (Lipinski definition) is 7. The Balaban J connectivity index is 0.00000216. The Morgan fingerprint density at radius 1 is 0.943 bits per heavy atom. The number of oxazole rings is 1. The van der Waals surface area contributed by atoms with Crippen LogP contribution in [-0.2, 0) is 9.59 Å². The third-order valence-electron chi connectivity index (χ3n) is 5.59. The van der Waals surface area contributed by atoms with Crippen molar-refractivity contribution in [3.8, 4) is 17.2 Å². The van der Waals surface area contributed by atoms with Crippen LogP contribution >= 0.6 is 0 Å². The summed E-state index contributed by atoms with van der Waals surface area (Å²) in [5.74, 6) is -3.69. The number of nitrogens with zero attached hydrogens (tertiary/aromatic N) is 1. The predicted molar refractivity (Wildman–Crippen MR) is 119 cm³/mol. The standard InChI is InChI=1S/C26H25NO6.2Na/c1-16-10-11-21-23(13-16)33-24(27-21)20-14-17-7-4-5-8-18(17)15-22(20)32-12-6-2-3-9-19(25(28)29)26(30)31;;/h4-5,7-8,10-11,13-15,19H,2-3,6,9,12H2,1H3,(H,28,29)(H,30,31);;/q;2*+1/p-2. The number of hydrogen-bond donors (Lipinski definition) is 0. The maximum absolute atomic E-state index is 10.8. The predicted octanol–water partition coefficient (Wildman–Crippen LogP) is -2.98. The average molecular weight is 491 g/mol. The first kappa shape index (κ1) is 29.4. The summed E-state index contributed by atoms with van der Waals surface area (Å²) in [6.45, 7) is 2.38. The van der Waals surface area contributed by atoms with E-state index < -0.39 is 17.9 Å². The van der Waals surface area contributed by atoms with Crippen LogP contribution in [-0.4, -0.2) is 23.5 Å². The molecule has 0 saturated heterocycles. The monoisotopic (exact) mass is 491 g/mol. The number of unbranched alkanes of at least 4 members (excludes halogenated alkanes) is 2. The Labute approximate surface area is 247 Å². The van der Waals surface area contributed by atoms with Gasteiger partial charge in [-0.1, -0.05) is 43.2 Å². The number of benzene rings is 3. The topological polar surface area (TPSA) is 116 Å². The summed E-state index contributed by atoms with van der Waals surface area (Å²) in [6.07, 6.45) is 1.65. The van der Waals surface area contributed by atoms with Crippen LogP contribution in [0.5, 0.6) is 5.75 Å². The number of aromatic nitrogens is 1. The summed E-state index contributed by atoms with van der Waals surface area (Å²) < 4.78 is 12.1. The second-order valence-electron chi connectivity index (χ2n) is 8.07. The number of carboxylic acid groups (broad SMARTS) is 2. The average Bonchev–Trinajstić information content (AvgIpc) is 3.20. The van der Waals surface area contributed by atoms with Crippen LogP contribution in [0.2, 0.25) is 0 Å². The van der Waals surface area contributed by atoms with Crippen molar-refractivity contribution in [1.82, 2.24) is 4.98 Å². The first-order valence-electron chi connectivity index (χ1n) is 10.9. The Morgan fingerprint density at radius 3 is 2.31 bits per heavy atom. The molecule has 35 heavy (non-hydrogen) atoms. The number of ether oxygens (including phenoxy) is 1. The maximum Gasteiger partial charge on any atom is 1.00 e. The van der Waals surface area contributed by atoms with E-state index in [1.807, 2.05) is 61.5 Å². The van der Waals surface area contributed by atoms with Crippen molar-refractivity contribution in [3.05, 3.63) is 60.2 Å². The molecule has 0 unspecified atom stereocenters. The molecule has 4 rings (SSSR count). The molecule has 0 bridgehead atoms. The normalized spacial score (nSPS) is 10.7. The molecule has 4 aromatic rings. The quantitative estimate of drug-likeness (QED) is 0.132. The van der Waals surface area contributed by atoms with E-state index in [0.717, 1.165) is 27.4 Å². The van der Waals surface area contributed by atoms with E-state index in [1.54, 1.807) is 0 Å². The Hall–Kier alpha value is -1.87. The minimum atomic E-state index is -1.61. The third-order valence-corrected chi connectivity index (χ3v) is 5.59. The zero-order valence-corrected chi connectivity index (χ0v) is 24.2. The van der Waals surface area contributed by atoms with Crippen molar-refractivity contribution in [2.75, 3.05) is 6.61 Å². The summed E-state index contributed by atoms with van der Waals surface area (Å²) in [5.41, 5.74) is 3.31. The van der Waals surface area contributed by atoms with Gasteiger partial charge >= 0.3 is 59.1 Å². The molecule has 0 aliphatic carbocycles. The van der Waals surface area contributed by atoms with Gasteiger partial charge in [0.2, 0.25) is 5.89 Å². The number of rotatable bonds is 10. The molecule has 0 atom stereocenters. The fourth-order valence-electron chi connectivity index (χ4n) is 3.79. The Kier molecular flexibility index (Phi) is 11.3. The molecule has 7 nitrogen and oxygen atoms in total. The molecule has 0 radical (unpaired) electrons. The van der Waals surface area contributed by atoms with Crippen molar-refractivity contribution in [3.63, 3.8) is 0 Å². The van der Waals surface area contributed by atoms with E-state index in [1.165, 1.54) is 0 Å². The van der Waals surface area contributed by atoms with Crippen LogP contribution < -0.4 is 74.1 Å². The van der Waals surface area contributed by atoms with E-state index in [0.29, 0.717) is 43.1 Å². The van der Waals surface area contributed by atoms with Crippen molar-refractivity contribution in [1.29, 1.82) is 0 Å². The van der Waals surface area contributed by atoms with Crippen LogP contribution in [0.15, 0.2) is 59.0 Å². The van der Waals surface area contributed by atoms with Crippen LogP contribution in [0.4, 0.5) is 0 Å². The van der Waals surface area contributed by atoms with Gasteiger partial charge in [-0.2, -0.15) is 0 Å². The van der Waals surface area contributed by atoms with Crippen molar-refractivity contribution in [2.24, 2.45) is 5.92 Å². The fraction of sp³-hybridized carbons (Fsp3) is 0.269. The van der Waals surface area contributed by atoms with Gasteiger partial charge < -0.3 is 29.0 Å². The number of carbonyl (C=O) groups is 2. The minimum absolute atomic E-state index is 0. The first-order valence-corrected chi connectivity index (χ1v) is 10.9. The molecule has 0 aliphatic heterocycles. The second-order valence-corrected chi connectivity index (χ2v) is 8.07. The van der Waals surface area contributed by atoms with Crippen LogP contribution in [0.1, 0.15) is 31.2 Å². The summed E-state index contributed by atoms with van der Waals surface area (Å²) in [5, 5.41) is 23.7. The molecule has 0 aliphatic rings. The van der Waals surface area contributed by atoms with Gasteiger partial charge in [0.25, 0.3) is 0 Å². The number of aryl methyl sites for hydroxylation is 1. The largest absolute Gasteiger partial charge is 1.00 e. The van der Waals surface area contributed by atoms with E-state index in [9.17, 15) is 19.8 Å². The third kappa shape index (κ3) is 7.32. The molecule has 0 saturated carbocycles. The van der Waals surface area contributed by atoms with E-state index >= 15 is 0 Å². The number of carbonyl (C=O) groups excluding carboxylic acids is 2. The van der Waals surface area contributed by atoms with Gasteiger partial charge in [0.05, 0.1) is 24.1 Å². The molecule has 0 spiro atoms. The van der Waals surface area contributed by atoms with E-state index in [-0.39, 0.29) is 65.5 Å². The Morgan fingerprint density at radius 2 is 1.63 bits per heavy atom. The molecule has 0 N–H and O–H groups in total. The summed E-state index contributed by atoms with van der Waals surface area (Å²) >= 11 is 0. The molecule has 0 fully saturated rings. The maximum atomic E-state index is 10.8. The SMILES string of the molecule is Cc1ccc2nc(-c3cc4ccccc4cc3OCCCCCC(C(=O)[O-])C(=O)[O-])oc2c1.[Na+].[Na+]. The summed E-state index contributed by atoms with van der Waals surface area (Å²) in [4.78, 5) is 26.3. The molecule has 170 valence electrons. The van der Waals surface area contributed by atoms with E-state index in [4.69, 9.17) is 9.15 Å². The van der Waals surface area contributed by atoms with Gasteiger partial charge in [0, 0.05) is 5.92 Å². The van der Waals surface area contributed by atoms with Gasteiger partial charge in [-0.25, -0.2) is 4.98 Å². The van der Waals surface area contributed by atoms with Crippen molar-refractivity contribution < 1.29 is 88.1 Å². The van der Waals surface area contributed by atoms with Gasteiger partial charge in [-0.15, -0.1) is 0 Å². The number of fused-ring (bicyclic) bond motifs is 2. The first-order chi connectivity index (χ1) is 15.9. The van der Waals surface area contributed by atoms with Gasteiger partial charge in [-0.05, 0) is 60.4 Å². The van der Waals surface area contributed by atoms with Gasteiger partial charge in [0.1, 0.15) is 11.3 Å². The number of carboxylic acids is 2. The zero-order chi connectivity index (χ0) is 23.4. The van der Waals surface area contributed by atoms with Gasteiger partial charge in [-0.3, -0.25) is 0 Å². The van der Waals surface area contributed by atoms with Gasteiger partial charge in [0.15, 0.2) is 5.58 Å². The van der Waals surface area contributed by atoms with Crippen molar-refractivity contribution in [2.45, 2.75) is 32.6 Å². The molecule has 3 aromatic carbocycles. The molecule has 0 amide bonds. The molecule has 1 heterocycles. The van der Waals surface area contributed by atoms with Crippen molar-refractivity contribution >= 4 is 33.8 Å². The second kappa shape index (κ2) is 13.4. The zero-order valence-electron chi connectivity index (χ0n) is 20.2. The minimum Gasteiger partial charge on any atom is -0.549 e.